The van der Waals surface area contributed by atoms with Crippen molar-refractivity contribution in [1.29, 1.82) is 0 Å². The monoisotopic (exact) mass is 713 g/mol. The van der Waals surface area contributed by atoms with E-state index in [9.17, 15) is 25.5 Å². The van der Waals surface area contributed by atoms with Gasteiger partial charge in [-0.15, -0.1) is 0 Å². The smallest absolute Gasteiger partial charge is 0.161 e. The van der Waals surface area contributed by atoms with Crippen LogP contribution in [0.15, 0.2) is 72.2 Å². The van der Waals surface area contributed by atoms with E-state index in [1.807, 2.05) is 24.4 Å². The van der Waals surface area contributed by atoms with Crippen LogP contribution in [0.2, 0.25) is 0 Å². The highest BCUT2D eigenvalue weighted by Crippen LogP contribution is 2.51. The number of hydrogen-bond acceptors (Lipinski definition) is 8. The van der Waals surface area contributed by atoms with Crippen molar-refractivity contribution in [1.82, 2.24) is 10.3 Å². The van der Waals surface area contributed by atoms with Gasteiger partial charge in [0.25, 0.3) is 0 Å². The molecule has 6 rings (SSSR count). The van der Waals surface area contributed by atoms with Crippen molar-refractivity contribution < 1.29 is 30.3 Å². The van der Waals surface area contributed by atoms with Crippen molar-refractivity contribution in [2.24, 2.45) is 29.4 Å². The molecule has 9 nitrogen and oxygen atoms in total. The number of aliphatic hydroxyl groups is 4. The highest BCUT2D eigenvalue weighted by atomic mass is 16.5. The number of allylic oxidation sites excluding steroid dienone is 4. The summed E-state index contributed by atoms with van der Waals surface area (Å²) in [6.07, 6.45) is 16.7. The Labute approximate surface area is 309 Å². The number of dihydropyridines is 1. The van der Waals surface area contributed by atoms with Crippen molar-refractivity contribution in [3.8, 4) is 23.3 Å². The van der Waals surface area contributed by atoms with Gasteiger partial charge in [-0.2, -0.15) is 0 Å². The first kappa shape index (κ1) is 38.1. The Kier molecular flexibility index (Phi) is 12.8. The molecule has 1 saturated carbocycles. The van der Waals surface area contributed by atoms with E-state index in [0.717, 1.165) is 68.2 Å². The van der Waals surface area contributed by atoms with Crippen LogP contribution in [0.5, 0.6) is 11.5 Å². The van der Waals surface area contributed by atoms with Crippen LogP contribution in [0.4, 0.5) is 0 Å². The maximum absolute atomic E-state index is 11.6. The third-order valence-electron chi connectivity index (χ3n) is 12.3. The molecular formula is C43H59N3O6. The predicted octanol–water partition coefficient (Wildman–Crippen LogP) is 5.66. The molecular weight excluding hydrogens is 654 g/mol. The first-order chi connectivity index (χ1) is 25.2. The van der Waals surface area contributed by atoms with Gasteiger partial charge in [0.15, 0.2) is 11.5 Å². The second-order valence-corrected chi connectivity index (χ2v) is 15.5. The fourth-order valence-electron chi connectivity index (χ4n) is 9.34. The number of H-pyrrole nitrogens is 1. The Morgan fingerprint density at radius 1 is 1.04 bits per heavy atom. The Hall–Kier alpha value is -3.68. The average molecular weight is 714 g/mol. The van der Waals surface area contributed by atoms with Gasteiger partial charge in [0.05, 0.1) is 24.1 Å². The van der Waals surface area contributed by atoms with Crippen LogP contribution in [-0.2, 0) is 5.41 Å². The van der Waals surface area contributed by atoms with Gasteiger partial charge in [0.1, 0.15) is 6.10 Å². The summed E-state index contributed by atoms with van der Waals surface area (Å²) in [7, 11) is 0. The van der Waals surface area contributed by atoms with E-state index in [0.29, 0.717) is 37.5 Å². The number of aromatic nitrogens is 1. The molecule has 9 N–H and O–H groups in total. The maximum atomic E-state index is 11.6. The standard InChI is InChI=1S/C43H59N3O6/c1-2-28-8-3-4-9-36(50)42-29(12-11-28)13-14-30(24-37(42)51)31-15-16-34(48)38(25-31)52-39(35(49)18-23-47)27-33(32-17-22-46-41(44)26-32)43(19-5-6-20-43)40-10-7-21-45-40/h7,10,13-17,21,25-26,28-30,33,35-37,39,42,45-51H,2-6,8-9,18-20,22-24,27,44H2,1H3. The third kappa shape index (κ3) is 8.58. The number of phenolic OH excluding ortho intramolecular Hbond substituents is 1. The van der Waals surface area contributed by atoms with Gasteiger partial charge in [-0.3, -0.25) is 0 Å². The topological polar surface area (TPSA) is 164 Å². The van der Waals surface area contributed by atoms with Crippen LogP contribution in [0, 0.1) is 35.5 Å². The summed E-state index contributed by atoms with van der Waals surface area (Å²) in [6, 6.07) is 9.43. The molecule has 1 aromatic carbocycles. The minimum Gasteiger partial charge on any atom is -0.504 e. The molecule has 0 radical (unpaired) electrons. The summed E-state index contributed by atoms with van der Waals surface area (Å²) in [4.78, 5) is 3.50. The van der Waals surface area contributed by atoms with Crippen LogP contribution in [-0.4, -0.2) is 68.1 Å². The minimum atomic E-state index is -1.00. The molecule has 9 atom stereocenters. The summed E-state index contributed by atoms with van der Waals surface area (Å²) in [5.74, 6) is 7.06. The van der Waals surface area contributed by atoms with E-state index in [-0.39, 0.29) is 53.6 Å². The molecule has 3 aliphatic carbocycles. The maximum Gasteiger partial charge on any atom is 0.161 e. The summed E-state index contributed by atoms with van der Waals surface area (Å²) in [5.41, 5.74) is 9.17. The lowest BCUT2D eigenvalue weighted by atomic mass is 9.65. The quantitative estimate of drug-likeness (QED) is 0.103. The van der Waals surface area contributed by atoms with Gasteiger partial charge >= 0.3 is 0 Å². The largest absolute Gasteiger partial charge is 0.504 e. The summed E-state index contributed by atoms with van der Waals surface area (Å²) >= 11 is 0. The number of ether oxygens (including phenoxy) is 1. The molecule has 9 heteroatoms. The normalized spacial score (nSPS) is 29.2. The molecule has 1 aromatic heterocycles. The van der Waals surface area contributed by atoms with Gasteiger partial charge in [-0.25, -0.2) is 0 Å². The van der Waals surface area contributed by atoms with Crippen molar-refractivity contribution in [2.75, 3.05) is 13.2 Å². The lowest BCUT2D eigenvalue weighted by Crippen LogP contribution is -2.42. The Bertz CT molecular complexity index is 1620. The van der Waals surface area contributed by atoms with E-state index >= 15 is 0 Å². The number of nitrogens with two attached hydrogens (primary N) is 1. The molecule has 52 heavy (non-hydrogen) atoms. The molecule has 282 valence electrons. The molecule has 9 unspecified atom stereocenters. The predicted molar refractivity (Wildman–Crippen MR) is 203 cm³/mol. The Morgan fingerprint density at radius 3 is 2.58 bits per heavy atom. The molecule has 2 heterocycles. The summed E-state index contributed by atoms with van der Waals surface area (Å²) in [6.45, 7) is 2.56. The van der Waals surface area contributed by atoms with Gasteiger partial charge in [-0.05, 0) is 92.3 Å². The molecule has 4 aliphatic rings. The lowest BCUT2D eigenvalue weighted by molar-refractivity contribution is -0.00709. The van der Waals surface area contributed by atoms with Crippen molar-refractivity contribution >= 4 is 0 Å². The zero-order valence-electron chi connectivity index (χ0n) is 30.6. The first-order valence-corrected chi connectivity index (χ1v) is 19.6. The Balaban J connectivity index is 1.31. The van der Waals surface area contributed by atoms with E-state index in [1.165, 1.54) is 0 Å². The van der Waals surface area contributed by atoms with Crippen LogP contribution >= 0.6 is 0 Å². The number of aromatic hydroxyl groups is 1. The zero-order chi connectivity index (χ0) is 36.7. The second kappa shape index (κ2) is 17.4. The molecule has 1 fully saturated rings. The Morgan fingerprint density at radius 2 is 1.85 bits per heavy atom. The lowest BCUT2D eigenvalue weighted by Gasteiger charge is -2.41. The van der Waals surface area contributed by atoms with Gasteiger partial charge in [0.2, 0.25) is 0 Å². The number of phenols is 1. The number of rotatable bonds is 12. The number of benzene rings is 1. The summed E-state index contributed by atoms with van der Waals surface area (Å²) in [5, 5.41) is 58.7. The van der Waals surface area contributed by atoms with Crippen LogP contribution < -0.4 is 15.8 Å². The zero-order valence-corrected chi connectivity index (χ0v) is 30.6. The van der Waals surface area contributed by atoms with Crippen molar-refractivity contribution in [3.63, 3.8) is 0 Å². The highest BCUT2D eigenvalue weighted by Gasteiger charge is 2.47. The van der Waals surface area contributed by atoms with E-state index in [2.05, 4.69) is 53.4 Å². The number of hydrogen-bond donors (Lipinski definition) is 8. The van der Waals surface area contributed by atoms with Crippen LogP contribution in [0.3, 0.4) is 0 Å². The van der Waals surface area contributed by atoms with Gasteiger partial charge in [0, 0.05) is 60.5 Å². The SMILES string of the molecule is CCC1C#CC2C=CC(c3ccc(O)c(OC(CC(C4=CCNC(N)=C4)C4(c5ccc[nH]5)CCCC4)C(O)CCO)c3)CC(O)C2C(O)CCCC1. The molecule has 0 amide bonds. The molecule has 2 aromatic rings. The van der Waals surface area contributed by atoms with Crippen LogP contribution in [0.25, 0.3) is 0 Å². The van der Waals surface area contributed by atoms with E-state index in [4.69, 9.17) is 10.5 Å². The third-order valence-corrected chi connectivity index (χ3v) is 12.3. The number of fused-ring (bicyclic) bond motifs is 1. The fraction of sp³-hybridized carbons (Fsp3) is 0.581. The fourth-order valence-corrected chi connectivity index (χ4v) is 9.34. The molecule has 0 bridgehead atoms. The summed E-state index contributed by atoms with van der Waals surface area (Å²) < 4.78 is 6.65. The number of aliphatic hydroxyl groups excluding tert-OH is 4. The van der Waals surface area contributed by atoms with E-state index < -0.39 is 24.4 Å². The van der Waals surface area contributed by atoms with Gasteiger partial charge < -0.3 is 46.3 Å². The number of nitrogens with one attached hydrogen (secondary N) is 2. The van der Waals surface area contributed by atoms with Crippen molar-refractivity contribution in [2.45, 2.75) is 120 Å². The number of aromatic amines is 1. The average Bonchev–Trinajstić information content (AvgIpc) is 3.83. The van der Waals surface area contributed by atoms with Crippen LogP contribution in [0.1, 0.15) is 101 Å². The van der Waals surface area contributed by atoms with E-state index in [1.54, 1.807) is 12.1 Å². The molecule has 0 saturated heterocycles. The second-order valence-electron chi connectivity index (χ2n) is 15.5. The highest BCUT2D eigenvalue weighted by molar-refractivity contribution is 5.45. The first-order valence-electron chi connectivity index (χ1n) is 19.6. The van der Waals surface area contributed by atoms with Gasteiger partial charge in [-0.1, -0.05) is 68.7 Å². The minimum absolute atomic E-state index is 0.0501. The van der Waals surface area contributed by atoms with Crippen molar-refractivity contribution in [3.05, 3.63) is 83.5 Å². The molecule has 0 spiro atoms. The molecule has 1 aliphatic heterocycles.